The Morgan fingerprint density at radius 1 is 0.952 bits per heavy atom. The Morgan fingerprint density at radius 2 is 1.71 bits per heavy atom. The lowest BCUT2D eigenvalue weighted by molar-refractivity contribution is 0.518. The van der Waals surface area contributed by atoms with Gasteiger partial charge in [0.1, 0.15) is 0 Å². The van der Waals surface area contributed by atoms with Crippen molar-refractivity contribution in [1.82, 2.24) is 5.32 Å². The van der Waals surface area contributed by atoms with Crippen LogP contribution in [0.5, 0.6) is 0 Å². The molecule has 1 unspecified atom stereocenters. The molecule has 1 atom stereocenters. The van der Waals surface area contributed by atoms with Gasteiger partial charge < -0.3 is 5.32 Å². The molecule has 0 heterocycles. The second kappa shape index (κ2) is 7.84. The summed E-state index contributed by atoms with van der Waals surface area (Å²) in [6.45, 7) is 5.43. The third-order valence-corrected chi connectivity index (χ3v) is 4.33. The van der Waals surface area contributed by atoms with Gasteiger partial charge in [-0.25, -0.2) is 0 Å². The van der Waals surface area contributed by atoms with Crippen molar-refractivity contribution >= 4 is 23.2 Å². The van der Waals surface area contributed by atoms with Crippen LogP contribution >= 0.6 is 23.2 Å². The molecule has 0 saturated carbocycles. The Balaban J connectivity index is 2.29. The Hall–Kier alpha value is -1.02. The Morgan fingerprint density at radius 3 is 2.38 bits per heavy atom. The molecular weight excluding hydrogens is 301 g/mol. The van der Waals surface area contributed by atoms with Crippen LogP contribution < -0.4 is 5.32 Å². The van der Waals surface area contributed by atoms with Crippen molar-refractivity contribution < 1.29 is 0 Å². The fourth-order valence-electron chi connectivity index (χ4n) is 2.43. The largest absolute Gasteiger partial charge is 0.310 e. The van der Waals surface area contributed by atoms with E-state index in [0.29, 0.717) is 16.1 Å². The maximum atomic E-state index is 6.12. The molecular formula is C18H21Cl2N. The van der Waals surface area contributed by atoms with E-state index in [-0.39, 0.29) is 0 Å². The van der Waals surface area contributed by atoms with Crippen molar-refractivity contribution in [2.75, 3.05) is 6.54 Å². The molecule has 0 aliphatic rings. The number of hydrogen-bond donors (Lipinski definition) is 1. The predicted octanol–water partition coefficient (Wildman–Crippen LogP) is 6.11. The van der Waals surface area contributed by atoms with Gasteiger partial charge in [0.2, 0.25) is 0 Å². The van der Waals surface area contributed by atoms with Crippen LogP contribution in [-0.4, -0.2) is 6.54 Å². The summed E-state index contributed by atoms with van der Waals surface area (Å²) in [5, 5.41) is 4.77. The third-order valence-electron chi connectivity index (χ3n) is 3.59. The molecule has 1 N–H and O–H groups in total. The second-order valence-electron chi connectivity index (χ2n) is 5.17. The highest BCUT2D eigenvalue weighted by Crippen LogP contribution is 2.30. The molecule has 0 bridgehead atoms. The molecule has 0 aliphatic carbocycles. The number of nitrogens with one attached hydrogen (secondary N) is 1. The summed E-state index contributed by atoms with van der Waals surface area (Å²) in [4.78, 5) is 0. The highest BCUT2D eigenvalue weighted by Gasteiger charge is 2.09. The molecule has 0 radical (unpaired) electrons. The van der Waals surface area contributed by atoms with E-state index in [1.807, 2.05) is 18.2 Å². The lowest BCUT2D eigenvalue weighted by Crippen LogP contribution is -2.21. The van der Waals surface area contributed by atoms with E-state index in [0.717, 1.165) is 24.9 Å². The predicted molar refractivity (Wildman–Crippen MR) is 93.2 cm³/mol. The van der Waals surface area contributed by atoms with E-state index < -0.39 is 0 Å². The molecule has 2 aromatic carbocycles. The minimum Gasteiger partial charge on any atom is -0.310 e. The quantitative estimate of drug-likeness (QED) is 0.676. The summed E-state index contributed by atoms with van der Waals surface area (Å²) in [5.74, 6) is 0. The minimum absolute atomic E-state index is 0.396. The van der Waals surface area contributed by atoms with Gasteiger partial charge in [-0.15, -0.1) is 0 Å². The van der Waals surface area contributed by atoms with Gasteiger partial charge in [-0.3, -0.25) is 0 Å². The maximum Gasteiger partial charge on any atom is 0.0598 e. The molecule has 112 valence electrons. The zero-order chi connectivity index (χ0) is 15.2. The summed E-state index contributed by atoms with van der Waals surface area (Å²) in [7, 11) is 0. The average Bonchev–Trinajstić information content (AvgIpc) is 2.51. The Kier molecular flexibility index (Phi) is 6.10. The fraction of sp³-hybridized carbons (Fsp3) is 0.333. The van der Waals surface area contributed by atoms with Gasteiger partial charge in [0.25, 0.3) is 0 Å². The van der Waals surface area contributed by atoms with E-state index in [1.54, 1.807) is 0 Å². The summed E-state index contributed by atoms with van der Waals surface area (Å²) in [6.07, 6.45) is 2.22. The maximum absolute atomic E-state index is 6.12. The standard InChI is InChI=1S/C18H21Cl2N/c1-3-10-21-18(4-2)15-7-5-6-13(11-15)14-8-9-16(19)17(20)12-14/h5-9,11-12,18,21H,3-4,10H2,1-2H3. The zero-order valence-corrected chi connectivity index (χ0v) is 14.0. The lowest BCUT2D eigenvalue weighted by Gasteiger charge is -2.18. The smallest absolute Gasteiger partial charge is 0.0598 e. The van der Waals surface area contributed by atoms with Crippen molar-refractivity contribution in [3.63, 3.8) is 0 Å². The van der Waals surface area contributed by atoms with Crippen LogP contribution in [0.25, 0.3) is 11.1 Å². The lowest BCUT2D eigenvalue weighted by atomic mass is 9.98. The van der Waals surface area contributed by atoms with Gasteiger partial charge in [0, 0.05) is 6.04 Å². The van der Waals surface area contributed by atoms with Gasteiger partial charge in [-0.05, 0) is 54.3 Å². The third kappa shape index (κ3) is 4.23. The summed E-state index contributed by atoms with van der Waals surface area (Å²) in [6, 6.07) is 14.8. The SMILES string of the molecule is CCCNC(CC)c1cccc(-c2ccc(Cl)c(Cl)c2)c1. The fourth-order valence-corrected chi connectivity index (χ4v) is 2.73. The first-order valence-electron chi connectivity index (χ1n) is 7.44. The van der Waals surface area contributed by atoms with Crippen LogP contribution in [-0.2, 0) is 0 Å². The van der Waals surface area contributed by atoms with Crippen LogP contribution in [0.15, 0.2) is 42.5 Å². The normalized spacial score (nSPS) is 12.4. The molecule has 0 spiro atoms. The van der Waals surface area contributed by atoms with Crippen molar-refractivity contribution in [3.8, 4) is 11.1 Å². The van der Waals surface area contributed by atoms with Crippen LogP contribution in [0.2, 0.25) is 10.0 Å². The van der Waals surface area contributed by atoms with Crippen molar-refractivity contribution in [2.45, 2.75) is 32.7 Å². The van der Waals surface area contributed by atoms with Gasteiger partial charge >= 0.3 is 0 Å². The molecule has 0 aromatic heterocycles. The van der Waals surface area contributed by atoms with E-state index in [4.69, 9.17) is 23.2 Å². The van der Waals surface area contributed by atoms with E-state index >= 15 is 0 Å². The number of benzene rings is 2. The number of hydrogen-bond acceptors (Lipinski definition) is 1. The van der Waals surface area contributed by atoms with Gasteiger partial charge in [-0.1, -0.05) is 61.3 Å². The summed E-state index contributed by atoms with van der Waals surface area (Å²) >= 11 is 12.1. The van der Waals surface area contributed by atoms with Crippen LogP contribution in [0.3, 0.4) is 0 Å². The molecule has 0 fully saturated rings. The first-order valence-corrected chi connectivity index (χ1v) is 8.20. The number of rotatable bonds is 6. The average molecular weight is 322 g/mol. The first kappa shape index (κ1) is 16.4. The molecule has 3 heteroatoms. The van der Waals surface area contributed by atoms with E-state index in [1.165, 1.54) is 11.1 Å². The summed E-state index contributed by atoms with van der Waals surface area (Å²) in [5.41, 5.74) is 3.58. The van der Waals surface area contributed by atoms with E-state index in [9.17, 15) is 0 Å². The van der Waals surface area contributed by atoms with E-state index in [2.05, 4.69) is 43.4 Å². The van der Waals surface area contributed by atoms with Gasteiger partial charge in [-0.2, -0.15) is 0 Å². The first-order chi connectivity index (χ1) is 10.2. The van der Waals surface area contributed by atoms with Gasteiger partial charge in [0.15, 0.2) is 0 Å². The topological polar surface area (TPSA) is 12.0 Å². The highest BCUT2D eigenvalue weighted by molar-refractivity contribution is 6.42. The van der Waals surface area contributed by atoms with Crippen molar-refractivity contribution in [1.29, 1.82) is 0 Å². The van der Waals surface area contributed by atoms with Crippen LogP contribution in [0.1, 0.15) is 38.3 Å². The number of halogens is 2. The second-order valence-corrected chi connectivity index (χ2v) is 5.98. The summed E-state index contributed by atoms with van der Waals surface area (Å²) < 4.78 is 0. The molecule has 21 heavy (non-hydrogen) atoms. The molecule has 2 rings (SSSR count). The molecule has 2 aromatic rings. The van der Waals surface area contributed by atoms with Crippen molar-refractivity contribution in [3.05, 3.63) is 58.1 Å². The van der Waals surface area contributed by atoms with Crippen LogP contribution in [0, 0.1) is 0 Å². The van der Waals surface area contributed by atoms with Gasteiger partial charge in [0.05, 0.1) is 10.0 Å². The van der Waals surface area contributed by atoms with Crippen molar-refractivity contribution in [2.24, 2.45) is 0 Å². The molecule has 1 nitrogen and oxygen atoms in total. The molecule has 0 saturated heterocycles. The molecule has 0 amide bonds. The van der Waals surface area contributed by atoms with Crippen LogP contribution in [0.4, 0.5) is 0 Å². The Labute approximate surface area is 137 Å². The Bertz CT molecular complexity index is 596. The highest BCUT2D eigenvalue weighted by atomic mass is 35.5. The zero-order valence-electron chi connectivity index (χ0n) is 12.5. The molecule has 0 aliphatic heterocycles. The minimum atomic E-state index is 0.396. The monoisotopic (exact) mass is 321 g/mol.